The van der Waals surface area contributed by atoms with Crippen LogP contribution in [-0.2, 0) is 4.74 Å². The van der Waals surface area contributed by atoms with Crippen molar-refractivity contribution in [3.05, 3.63) is 16.1 Å². The van der Waals surface area contributed by atoms with E-state index in [0.29, 0.717) is 6.04 Å². The Morgan fingerprint density at radius 3 is 2.70 bits per heavy atom. The predicted octanol–water partition coefficient (Wildman–Crippen LogP) is 3.94. The van der Waals surface area contributed by atoms with E-state index < -0.39 is 5.60 Å². The first-order chi connectivity index (χ1) is 10.7. The molecule has 3 unspecified atom stereocenters. The van der Waals surface area contributed by atoms with Crippen molar-refractivity contribution >= 4 is 17.4 Å². The summed E-state index contributed by atoms with van der Waals surface area (Å²) in [6.07, 6.45) is 5.82. The molecule has 1 aliphatic carbocycles. The lowest BCUT2D eigenvalue weighted by Crippen LogP contribution is -2.46. The Morgan fingerprint density at radius 1 is 1.39 bits per heavy atom. The van der Waals surface area contributed by atoms with Crippen molar-refractivity contribution in [3.63, 3.8) is 0 Å². The SMILES string of the molecule is Cc1cnc(C(C)NC2CCCC(NC(=O)OC(C)(C)C)C2)s1. The van der Waals surface area contributed by atoms with E-state index in [-0.39, 0.29) is 18.2 Å². The first kappa shape index (κ1) is 18.2. The zero-order valence-corrected chi connectivity index (χ0v) is 15.6. The third-order valence-corrected chi connectivity index (χ3v) is 4.99. The molecule has 1 aromatic rings. The highest BCUT2D eigenvalue weighted by atomic mass is 32.1. The third kappa shape index (κ3) is 6.11. The first-order valence-electron chi connectivity index (χ1n) is 8.41. The van der Waals surface area contributed by atoms with Crippen molar-refractivity contribution in [1.82, 2.24) is 15.6 Å². The molecular formula is C17H29N3O2S. The van der Waals surface area contributed by atoms with Crippen molar-refractivity contribution < 1.29 is 9.53 Å². The molecule has 2 rings (SSSR count). The molecule has 1 heterocycles. The van der Waals surface area contributed by atoms with Crippen LogP contribution in [0, 0.1) is 6.92 Å². The Morgan fingerprint density at radius 2 is 2.09 bits per heavy atom. The zero-order chi connectivity index (χ0) is 17.0. The fraction of sp³-hybridized carbons (Fsp3) is 0.765. The van der Waals surface area contributed by atoms with Crippen molar-refractivity contribution in [2.75, 3.05) is 0 Å². The summed E-state index contributed by atoms with van der Waals surface area (Å²) in [5.74, 6) is 0. The van der Waals surface area contributed by atoms with Gasteiger partial charge in [0.15, 0.2) is 0 Å². The number of rotatable bonds is 4. The number of aromatic nitrogens is 1. The topological polar surface area (TPSA) is 63.2 Å². The van der Waals surface area contributed by atoms with Crippen molar-refractivity contribution in [3.8, 4) is 0 Å². The number of aryl methyl sites for hydroxylation is 1. The molecule has 23 heavy (non-hydrogen) atoms. The van der Waals surface area contributed by atoms with Gasteiger partial charge in [-0.1, -0.05) is 0 Å². The van der Waals surface area contributed by atoms with E-state index in [1.54, 1.807) is 11.3 Å². The number of amides is 1. The third-order valence-electron chi connectivity index (χ3n) is 3.89. The maximum Gasteiger partial charge on any atom is 0.407 e. The quantitative estimate of drug-likeness (QED) is 0.872. The zero-order valence-electron chi connectivity index (χ0n) is 14.8. The molecule has 1 saturated carbocycles. The Bertz CT molecular complexity index is 524. The summed E-state index contributed by atoms with van der Waals surface area (Å²) in [5, 5.41) is 7.79. The fourth-order valence-corrected chi connectivity index (χ4v) is 3.73. The van der Waals surface area contributed by atoms with Gasteiger partial charge in [-0.2, -0.15) is 0 Å². The van der Waals surface area contributed by atoms with Crippen molar-refractivity contribution in [1.29, 1.82) is 0 Å². The fourth-order valence-electron chi connectivity index (χ4n) is 2.94. The van der Waals surface area contributed by atoms with E-state index >= 15 is 0 Å². The van der Waals surface area contributed by atoms with Gasteiger partial charge in [0, 0.05) is 23.2 Å². The Balaban J connectivity index is 1.82. The van der Waals surface area contributed by atoms with E-state index in [1.165, 1.54) is 4.88 Å². The van der Waals surface area contributed by atoms with E-state index in [4.69, 9.17) is 4.74 Å². The van der Waals surface area contributed by atoms with Crippen LogP contribution >= 0.6 is 11.3 Å². The van der Waals surface area contributed by atoms with Crippen LogP contribution in [0.2, 0.25) is 0 Å². The Labute approximate surface area is 143 Å². The van der Waals surface area contributed by atoms with Crippen LogP contribution in [0.4, 0.5) is 4.79 Å². The van der Waals surface area contributed by atoms with E-state index in [1.807, 2.05) is 27.0 Å². The smallest absolute Gasteiger partial charge is 0.407 e. The number of carbonyl (C=O) groups is 1. The van der Waals surface area contributed by atoms with Crippen molar-refractivity contribution in [2.24, 2.45) is 0 Å². The van der Waals surface area contributed by atoms with Crippen LogP contribution < -0.4 is 10.6 Å². The summed E-state index contributed by atoms with van der Waals surface area (Å²) >= 11 is 1.74. The predicted molar refractivity (Wildman–Crippen MR) is 93.8 cm³/mol. The number of carbonyl (C=O) groups excluding carboxylic acids is 1. The number of nitrogens with one attached hydrogen (secondary N) is 2. The van der Waals surface area contributed by atoms with Gasteiger partial charge in [-0.3, -0.25) is 0 Å². The van der Waals surface area contributed by atoms with E-state index in [9.17, 15) is 4.79 Å². The van der Waals surface area contributed by atoms with Gasteiger partial charge in [0.05, 0.1) is 6.04 Å². The lowest BCUT2D eigenvalue weighted by molar-refractivity contribution is 0.0488. The van der Waals surface area contributed by atoms with Crippen molar-refractivity contribution in [2.45, 2.75) is 84.0 Å². The molecule has 1 fully saturated rings. The van der Waals surface area contributed by atoms with Gasteiger partial charge in [-0.05, 0) is 60.3 Å². The van der Waals surface area contributed by atoms with Crippen LogP contribution in [-0.4, -0.2) is 28.8 Å². The highest BCUT2D eigenvalue weighted by molar-refractivity contribution is 7.11. The van der Waals surface area contributed by atoms with Crippen LogP contribution in [0.15, 0.2) is 6.20 Å². The molecule has 0 bridgehead atoms. The molecule has 1 aliphatic rings. The summed E-state index contributed by atoms with van der Waals surface area (Å²) in [6.45, 7) is 9.89. The highest BCUT2D eigenvalue weighted by Gasteiger charge is 2.26. The Kier molecular flexibility index (Phi) is 6.03. The van der Waals surface area contributed by atoms with Gasteiger partial charge in [-0.25, -0.2) is 9.78 Å². The summed E-state index contributed by atoms with van der Waals surface area (Å²) in [7, 11) is 0. The summed E-state index contributed by atoms with van der Waals surface area (Å²) in [5.41, 5.74) is -0.451. The first-order valence-corrected chi connectivity index (χ1v) is 9.22. The van der Waals surface area contributed by atoms with Crippen LogP contribution in [0.5, 0.6) is 0 Å². The average Bonchev–Trinajstić information content (AvgIpc) is 2.83. The second kappa shape index (κ2) is 7.62. The van der Waals surface area contributed by atoms with Crippen LogP contribution in [0.25, 0.3) is 0 Å². The largest absolute Gasteiger partial charge is 0.444 e. The van der Waals surface area contributed by atoms with Crippen LogP contribution in [0.1, 0.15) is 69.3 Å². The van der Waals surface area contributed by atoms with Gasteiger partial charge >= 0.3 is 6.09 Å². The molecule has 1 amide bonds. The molecule has 130 valence electrons. The minimum Gasteiger partial charge on any atom is -0.444 e. The lowest BCUT2D eigenvalue weighted by Gasteiger charge is -2.32. The standard InChI is InChI=1S/C17H29N3O2S/c1-11-10-18-15(23-11)12(2)19-13-7-6-8-14(9-13)20-16(21)22-17(3,4)5/h10,12-14,19H,6-9H2,1-5H3,(H,20,21). The molecule has 0 radical (unpaired) electrons. The monoisotopic (exact) mass is 339 g/mol. The number of hydrogen-bond acceptors (Lipinski definition) is 5. The number of thiazole rings is 1. The Hall–Kier alpha value is -1.14. The summed E-state index contributed by atoms with van der Waals surface area (Å²) < 4.78 is 5.35. The maximum atomic E-state index is 11.9. The minimum absolute atomic E-state index is 0.182. The molecule has 3 atom stereocenters. The van der Waals surface area contributed by atoms with Crippen LogP contribution in [0.3, 0.4) is 0 Å². The highest BCUT2D eigenvalue weighted by Crippen LogP contribution is 2.24. The second-order valence-electron chi connectivity index (χ2n) is 7.40. The summed E-state index contributed by atoms with van der Waals surface area (Å²) in [4.78, 5) is 17.6. The molecule has 0 aliphatic heterocycles. The molecule has 0 aromatic carbocycles. The maximum absolute atomic E-state index is 11.9. The number of nitrogens with zero attached hydrogens (tertiary/aromatic N) is 1. The van der Waals surface area contributed by atoms with Gasteiger partial charge in [0.25, 0.3) is 0 Å². The molecule has 6 heteroatoms. The van der Waals surface area contributed by atoms with E-state index in [0.717, 1.165) is 30.7 Å². The molecule has 2 N–H and O–H groups in total. The number of hydrogen-bond donors (Lipinski definition) is 2. The van der Waals surface area contributed by atoms with Gasteiger partial charge in [0.1, 0.15) is 10.6 Å². The van der Waals surface area contributed by atoms with Gasteiger partial charge in [0.2, 0.25) is 0 Å². The minimum atomic E-state index is -0.451. The molecule has 0 saturated heterocycles. The lowest BCUT2D eigenvalue weighted by atomic mass is 9.90. The molecule has 0 spiro atoms. The molecule has 5 nitrogen and oxygen atoms in total. The summed E-state index contributed by atoms with van der Waals surface area (Å²) in [6, 6.07) is 0.836. The average molecular weight is 340 g/mol. The molecule has 1 aromatic heterocycles. The molecular weight excluding hydrogens is 310 g/mol. The second-order valence-corrected chi connectivity index (χ2v) is 8.67. The normalized spacial score (nSPS) is 23.3. The number of ether oxygens (including phenoxy) is 1. The van der Waals surface area contributed by atoms with E-state index in [2.05, 4.69) is 29.5 Å². The van der Waals surface area contributed by atoms with Gasteiger partial charge < -0.3 is 15.4 Å². The van der Waals surface area contributed by atoms with Gasteiger partial charge in [-0.15, -0.1) is 11.3 Å². The number of alkyl carbamates (subject to hydrolysis) is 1.